The van der Waals surface area contributed by atoms with Crippen molar-refractivity contribution in [2.75, 3.05) is 19.6 Å². The molecule has 4 heterocycles. The van der Waals surface area contributed by atoms with E-state index in [0.717, 1.165) is 18.7 Å². The van der Waals surface area contributed by atoms with Gasteiger partial charge in [-0.05, 0) is 18.6 Å². The Balaban J connectivity index is 1.22. The number of benzene rings is 1. The van der Waals surface area contributed by atoms with Crippen molar-refractivity contribution in [3.8, 4) is 0 Å². The number of amides is 1. The Kier molecular flexibility index (Phi) is 4.36. The van der Waals surface area contributed by atoms with Crippen molar-refractivity contribution >= 4 is 26.9 Å². The Morgan fingerprint density at radius 1 is 1.21 bits per heavy atom. The number of carbonyl (C=O) groups excluding carboxylic acids is 1. The molecule has 1 amide bonds. The van der Waals surface area contributed by atoms with Crippen molar-refractivity contribution in [2.45, 2.75) is 31.2 Å². The van der Waals surface area contributed by atoms with Gasteiger partial charge in [0, 0.05) is 31.4 Å². The van der Waals surface area contributed by atoms with E-state index in [9.17, 15) is 13.2 Å². The predicted molar refractivity (Wildman–Crippen MR) is 102 cm³/mol. The van der Waals surface area contributed by atoms with Gasteiger partial charge in [-0.15, -0.1) is 5.10 Å². The summed E-state index contributed by atoms with van der Waals surface area (Å²) in [7, 11) is -3.50. The van der Waals surface area contributed by atoms with Crippen LogP contribution >= 0.6 is 0 Å². The number of hydrogen-bond donors (Lipinski definition) is 0. The van der Waals surface area contributed by atoms with Crippen molar-refractivity contribution in [3.05, 3.63) is 41.9 Å². The molecular weight excluding hydrogens is 396 g/mol. The zero-order valence-corrected chi connectivity index (χ0v) is 16.5. The van der Waals surface area contributed by atoms with E-state index < -0.39 is 10.0 Å². The number of nitrogens with zero attached hydrogens (tertiary/aromatic N) is 6. The fourth-order valence-corrected chi connectivity index (χ4v) is 5.28. The summed E-state index contributed by atoms with van der Waals surface area (Å²) in [5.41, 5.74) is 1.71. The number of aromatic nitrogens is 4. The molecule has 2 aromatic heterocycles. The Morgan fingerprint density at radius 3 is 2.83 bits per heavy atom. The van der Waals surface area contributed by atoms with E-state index >= 15 is 0 Å². The first-order chi connectivity index (χ1) is 14.0. The molecule has 29 heavy (non-hydrogen) atoms. The number of fused-ring (bicyclic) bond motifs is 1. The molecule has 2 saturated heterocycles. The second-order valence-electron chi connectivity index (χ2n) is 7.46. The van der Waals surface area contributed by atoms with Crippen LogP contribution in [0.2, 0.25) is 0 Å². The maximum Gasteiger partial charge on any atom is 0.222 e. The van der Waals surface area contributed by atoms with Crippen LogP contribution in [0.3, 0.4) is 0 Å². The van der Waals surface area contributed by atoms with Crippen LogP contribution in [-0.2, 0) is 27.1 Å². The highest BCUT2D eigenvalue weighted by Gasteiger charge is 2.38. The highest BCUT2D eigenvalue weighted by atomic mass is 32.2. The van der Waals surface area contributed by atoms with E-state index in [4.69, 9.17) is 4.52 Å². The number of likely N-dealkylation sites (tertiary alicyclic amines) is 1. The third kappa shape index (κ3) is 3.40. The van der Waals surface area contributed by atoms with Crippen LogP contribution in [0, 0.1) is 0 Å². The van der Waals surface area contributed by atoms with E-state index in [2.05, 4.69) is 15.5 Å². The first-order valence-corrected chi connectivity index (χ1v) is 11.1. The molecule has 5 rings (SSSR count). The first-order valence-electron chi connectivity index (χ1n) is 9.49. The van der Waals surface area contributed by atoms with Gasteiger partial charge < -0.3 is 9.42 Å². The summed E-state index contributed by atoms with van der Waals surface area (Å²) in [4.78, 5) is 13.5. The fourth-order valence-electron chi connectivity index (χ4n) is 3.75. The minimum Gasteiger partial charge on any atom is -0.356 e. The van der Waals surface area contributed by atoms with E-state index in [1.807, 2.05) is 12.1 Å². The Bertz CT molecular complexity index is 1160. The average Bonchev–Trinajstić information content (AvgIpc) is 3.36. The van der Waals surface area contributed by atoms with Gasteiger partial charge in [0.05, 0.1) is 18.8 Å². The van der Waals surface area contributed by atoms with Crippen molar-refractivity contribution < 1.29 is 17.7 Å². The third-order valence-corrected chi connectivity index (χ3v) is 7.17. The normalized spacial score (nSPS) is 18.6. The SMILES string of the molecule is O=C1CCCN1Cc1cn(C2CN(S(=O)(=O)Cc3noc4ccccc34)C2)nn1. The Hall–Kier alpha value is -2.79. The van der Waals surface area contributed by atoms with Crippen LogP contribution in [0.5, 0.6) is 0 Å². The summed E-state index contributed by atoms with van der Waals surface area (Å²) in [6.07, 6.45) is 3.26. The van der Waals surface area contributed by atoms with Crippen LogP contribution in [0.1, 0.15) is 30.3 Å². The average molecular weight is 416 g/mol. The summed E-state index contributed by atoms with van der Waals surface area (Å²) in [6.45, 7) is 1.87. The monoisotopic (exact) mass is 416 g/mol. The van der Waals surface area contributed by atoms with Gasteiger partial charge in [-0.3, -0.25) is 4.79 Å². The maximum absolute atomic E-state index is 12.7. The Morgan fingerprint density at radius 2 is 2.03 bits per heavy atom. The molecule has 0 aliphatic carbocycles. The molecular formula is C18H20N6O4S. The summed E-state index contributed by atoms with van der Waals surface area (Å²) < 4.78 is 33.8. The van der Waals surface area contributed by atoms with Crippen molar-refractivity contribution in [3.63, 3.8) is 0 Å². The van der Waals surface area contributed by atoms with Gasteiger partial charge >= 0.3 is 0 Å². The van der Waals surface area contributed by atoms with Crippen LogP contribution in [-0.4, -0.2) is 63.3 Å². The number of carbonyl (C=O) groups is 1. The molecule has 3 aromatic rings. The van der Waals surface area contributed by atoms with Crippen LogP contribution in [0.4, 0.5) is 0 Å². The number of para-hydroxylation sites is 1. The molecule has 2 aliphatic rings. The lowest BCUT2D eigenvalue weighted by Gasteiger charge is -2.37. The maximum atomic E-state index is 12.7. The molecule has 2 aliphatic heterocycles. The minimum absolute atomic E-state index is 0.0608. The van der Waals surface area contributed by atoms with Gasteiger partial charge in [-0.25, -0.2) is 13.1 Å². The van der Waals surface area contributed by atoms with Gasteiger partial charge in [0.25, 0.3) is 0 Å². The molecule has 2 fully saturated rings. The zero-order valence-electron chi connectivity index (χ0n) is 15.6. The van der Waals surface area contributed by atoms with E-state index in [0.29, 0.717) is 42.7 Å². The molecule has 152 valence electrons. The van der Waals surface area contributed by atoms with Gasteiger partial charge in [-0.1, -0.05) is 22.5 Å². The van der Waals surface area contributed by atoms with Gasteiger partial charge in [0.15, 0.2) is 5.58 Å². The van der Waals surface area contributed by atoms with E-state index in [1.165, 1.54) is 4.31 Å². The van der Waals surface area contributed by atoms with E-state index in [-0.39, 0.29) is 17.7 Å². The van der Waals surface area contributed by atoms with Gasteiger partial charge in [0.1, 0.15) is 17.1 Å². The summed E-state index contributed by atoms with van der Waals surface area (Å²) in [5.74, 6) is -0.0583. The Labute approximate surface area is 167 Å². The molecule has 11 heteroatoms. The van der Waals surface area contributed by atoms with Gasteiger partial charge in [0.2, 0.25) is 15.9 Å². The third-order valence-electron chi connectivity index (χ3n) is 5.45. The first kappa shape index (κ1) is 18.3. The van der Waals surface area contributed by atoms with Crippen molar-refractivity contribution in [1.82, 2.24) is 29.4 Å². The molecule has 0 N–H and O–H groups in total. The smallest absolute Gasteiger partial charge is 0.222 e. The molecule has 10 nitrogen and oxygen atoms in total. The molecule has 0 unspecified atom stereocenters. The molecule has 1 aromatic carbocycles. The fraction of sp³-hybridized carbons (Fsp3) is 0.444. The van der Waals surface area contributed by atoms with Crippen LogP contribution in [0.25, 0.3) is 11.0 Å². The minimum atomic E-state index is -3.50. The molecule has 0 spiro atoms. The lowest BCUT2D eigenvalue weighted by Crippen LogP contribution is -2.51. The lowest BCUT2D eigenvalue weighted by molar-refractivity contribution is -0.128. The van der Waals surface area contributed by atoms with Gasteiger partial charge in [-0.2, -0.15) is 4.31 Å². The van der Waals surface area contributed by atoms with Crippen LogP contribution in [0.15, 0.2) is 35.0 Å². The standard InChI is InChI=1S/C18H20N6O4S/c25-18-6-3-7-22(18)8-13-9-24(21-19-13)14-10-23(11-14)29(26,27)12-16-15-4-1-2-5-17(15)28-20-16/h1-2,4-5,9,14H,3,6-8,10-12H2. The topological polar surface area (TPSA) is 114 Å². The summed E-state index contributed by atoms with van der Waals surface area (Å²) in [5, 5.41) is 12.9. The predicted octanol–water partition coefficient (Wildman–Crippen LogP) is 0.928. The molecule has 0 saturated carbocycles. The second-order valence-corrected chi connectivity index (χ2v) is 9.43. The largest absolute Gasteiger partial charge is 0.356 e. The lowest BCUT2D eigenvalue weighted by atomic mass is 10.2. The van der Waals surface area contributed by atoms with Crippen LogP contribution < -0.4 is 0 Å². The molecule has 0 radical (unpaired) electrons. The van der Waals surface area contributed by atoms with Crippen molar-refractivity contribution in [2.24, 2.45) is 0 Å². The molecule has 0 atom stereocenters. The zero-order chi connectivity index (χ0) is 20.0. The number of sulfonamides is 1. The summed E-state index contributed by atoms with van der Waals surface area (Å²) >= 11 is 0. The molecule has 0 bridgehead atoms. The van der Waals surface area contributed by atoms with Crippen molar-refractivity contribution in [1.29, 1.82) is 0 Å². The second kappa shape index (κ2) is 6.92. The number of hydrogen-bond acceptors (Lipinski definition) is 7. The summed E-state index contributed by atoms with van der Waals surface area (Å²) in [6, 6.07) is 7.15. The highest BCUT2D eigenvalue weighted by Crippen LogP contribution is 2.27. The quantitative estimate of drug-likeness (QED) is 0.587. The van der Waals surface area contributed by atoms with E-state index in [1.54, 1.807) is 27.9 Å². The highest BCUT2D eigenvalue weighted by molar-refractivity contribution is 7.88. The number of rotatable bonds is 6.